The first kappa shape index (κ1) is 15.3. The van der Waals surface area contributed by atoms with E-state index in [0.717, 1.165) is 10.6 Å². The quantitative estimate of drug-likeness (QED) is 0.825. The number of hydrogen-bond donors (Lipinski definition) is 1. The van der Waals surface area contributed by atoms with Crippen LogP contribution in [0.25, 0.3) is 10.6 Å². The number of thiazole rings is 1. The van der Waals surface area contributed by atoms with E-state index < -0.39 is 10.0 Å². The molecule has 0 aliphatic rings. The molecule has 0 spiro atoms. The van der Waals surface area contributed by atoms with Crippen LogP contribution < -0.4 is 4.72 Å². The van der Waals surface area contributed by atoms with Crippen molar-refractivity contribution in [3.63, 3.8) is 0 Å². The summed E-state index contributed by atoms with van der Waals surface area (Å²) in [5, 5.41) is 2.81. The fourth-order valence-corrected chi connectivity index (χ4v) is 4.02. The zero-order valence-electron chi connectivity index (χ0n) is 10.9. The molecule has 1 heterocycles. The fraction of sp³-hybridized carbons (Fsp3) is 0.308. The first-order valence-corrected chi connectivity index (χ1v) is 9.13. The van der Waals surface area contributed by atoms with E-state index in [2.05, 4.69) is 9.71 Å². The fourth-order valence-electron chi connectivity index (χ4n) is 1.69. The average Bonchev–Trinajstić information content (AvgIpc) is 2.92. The van der Waals surface area contributed by atoms with Gasteiger partial charge in [0.1, 0.15) is 5.01 Å². The Balaban J connectivity index is 2.07. The van der Waals surface area contributed by atoms with E-state index in [1.54, 1.807) is 36.6 Å². The van der Waals surface area contributed by atoms with Gasteiger partial charge in [-0.25, -0.2) is 13.4 Å². The minimum absolute atomic E-state index is 0.0186. The molecule has 1 unspecified atom stereocenters. The van der Waals surface area contributed by atoms with Gasteiger partial charge in [0.05, 0.1) is 5.75 Å². The number of sulfonamides is 1. The number of rotatable bonds is 6. The topological polar surface area (TPSA) is 59.1 Å². The minimum atomic E-state index is -3.36. The van der Waals surface area contributed by atoms with Gasteiger partial charge in [-0.3, -0.25) is 4.72 Å². The predicted octanol–water partition coefficient (Wildman–Crippen LogP) is 3.43. The van der Waals surface area contributed by atoms with Crippen LogP contribution in [0, 0.1) is 5.92 Å². The molecule has 0 amide bonds. The lowest BCUT2D eigenvalue weighted by Gasteiger charge is -2.11. The summed E-state index contributed by atoms with van der Waals surface area (Å²) < 4.78 is 26.4. The molecule has 0 aliphatic heterocycles. The van der Waals surface area contributed by atoms with Crippen LogP contribution in [0.15, 0.2) is 35.8 Å². The van der Waals surface area contributed by atoms with E-state index in [-0.39, 0.29) is 11.7 Å². The minimum Gasteiger partial charge on any atom is -0.284 e. The second-order valence-corrected chi connectivity index (χ2v) is 7.53. The highest BCUT2D eigenvalue weighted by Crippen LogP contribution is 2.23. The molecule has 0 saturated carbocycles. The van der Waals surface area contributed by atoms with Crippen molar-refractivity contribution < 1.29 is 8.42 Å². The van der Waals surface area contributed by atoms with Crippen LogP contribution >= 0.6 is 22.9 Å². The molecule has 0 saturated heterocycles. The van der Waals surface area contributed by atoms with Gasteiger partial charge in [0.15, 0.2) is 0 Å². The van der Waals surface area contributed by atoms with Crippen molar-refractivity contribution in [1.29, 1.82) is 0 Å². The Morgan fingerprint density at radius 1 is 1.35 bits per heavy atom. The maximum atomic E-state index is 11.9. The molecule has 0 radical (unpaired) electrons. The zero-order valence-corrected chi connectivity index (χ0v) is 13.3. The van der Waals surface area contributed by atoms with E-state index in [1.165, 1.54) is 0 Å². The Morgan fingerprint density at radius 2 is 2.05 bits per heavy atom. The van der Waals surface area contributed by atoms with Gasteiger partial charge in [-0.05, 0) is 30.2 Å². The molecule has 1 atom stereocenters. The molecule has 2 rings (SSSR count). The van der Waals surface area contributed by atoms with Gasteiger partial charge in [-0.1, -0.05) is 6.92 Å². The third-order valence-corrected chi connectivity index (χ3v) is 5.51. The van der Waals surface area contributed by atoms with Gasteiger partial charge in [-0.15, -0.1) is 22.9 Å². The molecule has 0 fully saturated rings. The number of halogens is 1. The summed E-state index contributed by atoms with van der Waals surface area (Å²) in [5.41, 5.74) is 1.52. The van der Waals surface area contributed by atoms with Gasteiger partial charge in [0.25, 0.3) is 0 Å². The van der Waals surface area contributed by atoms with Crippen molar-refractivity contribution >= 4 is 38.6 Å². The molecule has 1 N–H and O–H groups in total. The summed E-state index contributed by atoms with van der Waals surface area (Å²) in [6, 6.07) is 7.17. The standard InChI is InChI=1S/C13H15ClN2O2S2/c1-10(8-14)9-20(17,18)16-12-4-2-11(3-5-12)13-15-6-7-19-13/h2-7,10,16H,8-9H2,1H3. The zero-order chi connectivity index (χ0) is 14.6. The van der Waals surface area contributed by atoms with E-state index in [4.69, 9.17) is 11.6 Å². The van der Waals surface area contributed by atoms with Gasteiger partial charge >= 0.3 is 0 Å². The number of nitrogens with zero attached hydrogens (tertiary/aromatic N) is 1. The number of aromatic nitrogens is 1. The first-order chi connectivity index (χ1) is 9.50. The lowest BCUT2D eigenvalue weighted by molar-refractivity contribution is 0.588. The van der Waals surface area contributed by atoms with Crippen LogP contribution in [0.2, 0.25) is 0 Å². The molecule has 1 aromatic carbocycles. The van der Waals surface area contributed by atoms with E-state index >= 15 is 0 Å². The van der Waals surface area contributed by atoms with Crippen LogP contribution in [0.3, 0.4) is 0 Å². The Labute approximate surface area is 127 Å². The Hall–Kier alpha value is -1.11. The van der Waals surface area contributed by atoms with Crippen LogP contribution in [-0.4, -0.2) is 25.0 Å². The molecule has 2 aromatic rings. The van der Waals surface area contributed by atoms with Crippen LogP contribution in [0.1, 0.15) is 6.92 Å². The number of hydrogen-bond acceptors (Lipinski definition) is 4. The number of alkyl halides is 1. The van der Waals surface area contributed by atoms with Crippen molar-refractivity contribution in [3.8, 4) is 10.6 Å². The largest absolute Gasteiger partial charge is 0.284 e. The molecule has 7 heteroatoms. The van der Waals surface area contributed by atoms with Crippen molar-refractivity contribution in [1.82, 2.24) is 4.98 Å². The predicted molar refractivity (Wildman–Crippen MR) is 84.8 cm³/mol. The van der Waals surface area contributed by atoms with Gasteiger partial charge in [0, 0.05) is 28.7 Å². The lowest BCUT2D eigenvalue weighted by Crippen LogP contribution is -2.22. The average molecular weight is 331 g/mol. The SMILES string of the molecule is CC(CCl)CS(=O)(=O)Nc1ccc(-c2nccs2)cc1. The first-order valence-electron chi connectivity index (χ1n) is 6.06. The van der Waals surface area contributed by atoms with Gasteiger partial charge in [-0.2, -0.15) is 0 Å². The van der Waals surface area contributed by atoms with Crippen molar-refractivity contribution in [2.45, 2.75) is 6.92 Å². The third kappa shape index (κ3) is 4.19. The van der Waals surface area contributed by atoms with Crippen LogP contribution in [0.5, 0.6) is 0 Å². The summed E-state index contributed by atoms with van der Waals surface area (Å²) in [6.45, 7) is 1.80. The van der Waals surface area contributed by atoms with Crippen molar-refractivity contribution in [3.05, 3.63) is 35.8 Å². The molecule has 1 aromatic heterocycles. The summed E-state index contributed by atoms with van der Waals surface area (Å²) in [5.74, 6) is 0.262. The molecule has 0 bridgehead atoms. The summed E-state index contributed by atoms with van der Waals surface area (Å²) in [6.07, 6.45) is 1.74. The third-order valence-electron chi connectivity index (χ3n) is 2.60. The highest BCUT2D eigenvalue weighted by molar-refractivity contribution is 7.92. The maximum Gasteiger partial charge on any atom is 0.233 e. The normalized spacial score (nSPS) is 13.1. The van der Waals surface area contributed by atoms with Crippen molar-refractivity contribution in [2.75, 3.05) is 16.4 Å². The number of nitrogens with one attached hydrogen (secondary N) is 1. The van der Waals surface area contributed by atoms with Crippen LogP contribution in [0.4, 0.5) is 5.69 Å². The van der Waals surface area contributed by atoms with Gasteiger partial charge < -0.3 is 0 Å². The number of benzene rings is 1. The monoisotopic (exact) mass is 330 g/mol. The Bertz CT molecular complexity index is 640. The van der Waals surface area contributed by atoms with E-state index in [9.17, 15) is 8.42 Å². The maximum absolute atomic E-state index is 11.9. The van der Waals surface area contributed by atoms with Crippen molar-refractivity contribution in [2.24, 2.45) is 5.92 Å². The Morgan fingerprint density at radius 3 is 2.60 bits per heavy atom. The lowest BCUT2D eigenvalue weighted by atomic mass is 10.2. The highest BCUT2D eigenvalue weighted by Gasteiger charge is 2.15. The smallest absolute Gasteiger partial charge is 0.233 e. The summed E-state index contributed by atoms with van der Waals surface area (Å²) in [7, 11) is -3.36. The van der Waals surface area contributed by atoms with Gasteiger partial charge in [0.2, 0.25) is 10.0 Å². The number of anilines is 1. The molecular formula is C13H15ClN2O2S2. The Kier molecular flexibility index (Phi) is 5.01. The molecule has 0 aliphatic carbocycles. The highest BCUT2D eigenvalue weighted by atomic mass is 35.5. The van der Waals surface area contributed by atoms with E-state index in [1.807, 2.05) is 17.5 Å². The molecular weight excluding hydrogens is 316 g/mol. The molecule has 20 heavy (non-hydrogen) atoms. The van der Waals surface area contributed by atoms with Crippen LogP contribution in [-0.2, 0) is 10.0 Å². The molecule has 4 nitrogen and oxygen atoms in total. The second-order valence-electron chi connectivity index (χ2n) is 4.56. The molecule has 108 valence electrons. The second kappa shape index (κ2) is 6.56. The van der Waals surface area contributed by atoms with E-state index in [0.29, 0.717) is 11.6 Å². The summed E-state index contributed by atoms with van der Waals surface area (Å²) in [4.78, 5) is 4.21. The summed E-state index contributed by atoms with van der Waals surface area (Å²) >= 11 is 7.18.